The molecule has 2 aliphatic rings. The highest BCUT2D eigenvalue weighted by atomic mass is 16.5. The van der Waals surface area contributed by atoms with Gasteiger partial charge in [-0.3, -0.25) is 4.90 Å². The van der Waals surface area contributed by atoms with Crippen LogP contribution in [-0.4, -0.2) is 103 Å². The molecule has 4 heterocycles. The van der Waals surface area contributed by atoms with E-state index in [-0.39, 0.29) is 0 Å². The SMILES string of the molecule is CCc1nc2c(N)ncc(-c3ccc(N4CCN(C(CC)CCN(C)C)CC4C)c(OC)c3)c2nc1NC1CCOCC1. The lowest BCUT2D eigenvalue weighted by Gasteiger charge is -2.44. The van der Waals surface area contributed by atoms with Crippen LogP contribution in [0.3, 0.4) is 0 Å². The molecule has 2 aliphatic heterocycles. The maximum atomic E-state index is 6.34. The van der Waals surface area contributed by atoms with E-state index >= 15 is 0 Å². The quantitative estimate of drug-likeness (QED) is 0.327. The van der Waals surface area contributed by atoms with Gasteiger partial charge in [-0.1, -0.05) is 19.9 Å². The number of aromatic nitrogens is 3. The number of ether oxygens (including phenoxy) is 2. The minimum Gasteiger partial charge on any atom is -0.495 e. The second kappa shape index (κ2) is 14.1. The van der Waals surface area contributed by atoms with Crippen LogP contribution in [0.25, 0.3) is 22.2 Å². The predicted molar refractivity (Wildman–Crippen MR) is 176 cm³/mol. The van der Waals surface area contributed by atoms with Gasteiger partial charge < -0.3 is 30.3 Å². The van der Waals surface area contributed by atoms with Crippen molar-refractivity contribution >= 4 is 28.4 Å². The van der Waals surface area contributed by atoms with Crippen molar-refractivity contribution in [2.75, 3.05) is 76.5 Å². The van der Waals surface area contributed by atoms with Crippen LogP contribution < -0.4 is 20.7 Å². The number of nitrogens with one attached hydrogen (secondary N) is 1. The molecule has 10 heteroatoms. The standard InChI is InChI=1S/C33H50N8O2/c1-7-25(11-14-39(4)5)40-15-16-41(22(3)21-40)28-10-9-23(19-29(28)42-6)26-20-35-32(34)31-30(26)38-33(27(8-2)37-31)36-24-12-17-43-18-13-24/h9-10,19-20,22,24-25H,7-8,11-18,21H2,1-6H3,(H2,34,35)(H,36,38). The number of piperazine rings is 1. The largest absolute Gasteiger partial charge is 0.495 e. The number of nitrogen functional groups attached to an aromatic ring is 1. The van der Waals surface area contributed by atoms with Crippen LogP contribution >= 0.6 is 0 Å². The third kappa shape index (κ3) is 6.97. The lowest BCUT2D eigenvalue weighted by molar-refractivity contribution is 0.0903. The third-order valence-electron chi connectivity index (χ3n) is 9.05. The topological polar surface area (TPSA) is 105 Å². The monoisotopic (exact) mass is 590 g/mol. The molecule has 2 saturated heterocycles. The minimum atomic E-state index is 0.316. The van der Waals surface area contributed by atoms with Crippen molar-refractivity contribution in [1.82, 2.24) is 24.8 Å². The van der Waals surface area contributed by atoms with E-state index in [0.717, 1.165) is 98.2 Å². The molecule has 0 spiro atoms. The number of anilines is 3. The second-order valence-electron chi connectivity index (χ2n) is 12.2. The van der Waals surface area contributed by atoms with E-state index in [1.165, 1.54) is 12.8 Å². The van der Waals surface area contributed by atoms with Crippen LogP contribution in [0.2, 0.25) is 0 Å². The van der Waals surface area contributed by atoms with E-state index in [2.05, 4.69) is 78.1 Å². The van der Waals surface area contributed by atoms with Gasteiger partial charge in [0.15, 0.2) is 5.82 Å². The molecule has 3 N–H and O–H groups in total. The van der Waals surface area contributed by atoms with E-state index in [0.29, 0.717) is 29.5 Å². The van der Waals surface area contributed by atoms with Gasteiger partial charge in [0.1, 0.15) is 22.6 Å². The number of hydrogen-bond donors (Lipinski definition) is 2. The Bertz CT molecular complexity index is 1380. The molecule has 1 aromatic carbocycles. The fourth-order valence-electron chi connectivity index (χ4n) is 6.51. The molecule has 0 saturated carbocycles. The molecule has 0 bridgehead atoms. The maximum Gasteiger partial charge on any atom is 0.151 e. The highest BCUT2D eigenvalue weighted by Gasteiger charge is 2.29. The van der Waals surface area contributed by atoms with E-state index < -0.39 is 0 Å². The van der Waals surface area contributed by atoms with Crippen LogP contribution in [-0.2, 0) is 11.2 Å². The molecule has 43 heavy (non-hydrogen) atoms. The van der Waals surface area contributed by atoms with Crippen molar-refractivity contribution in [3.05, 3.63) is 30.1 Å². The molecule has 10 nitrogen and oxygen atoms in total. The molecular formula is C33H50N8O2. The minimum absolute atomic E-state index is 0.316. The van der Waals surface area contributed by atoms with Crippen molar-refractivity contribution in [2.45, 2.75) is 71.0 Å². The number of fused-ring (bicyclic) bond motifs is 1. The molecule has 0 radical (unpaired) electrons. The molecule has 0 amide bonds. The first-order valence-electron chi connectivity index (χ1n) is 16.0. The fourth-order valence-corrected chi connectivity index (χ4v) is 6.51. The van der Waals surface area contributed by atoms with Gasteiger partial charge in [-0.15, -0.1) is 0 Å². The number of pyridine rings is 1. The Hall–Kier alpha value is -3.21. The summed E-state index contributed by atoms with van der Waals surface area (Å²) in [5.74, 6) is 2.06. The number of aryl methyl sites for hydroxylation is 1. The van der Waals surface area contributed by atoms with E-state index in [4.69, 9.17) is 25.2 Å². The lowest BCUT2D eigenvalue weighted by Crippen LogP contribution is -2.55. The Balaban J connectivity index is 1.43. The van der Waals surface area contributed by atoms with Crippen molar-refractivity contribution in [3.63, 3.8) is 0 Å². The van der Waals surface area contributed by atoms with E-state index in [9.17, 15) is 0 Å². The summed E-state index contributed by atoms with van der Waals surface area (Å²) in [5.41, 5.74) is 11.6. The molecular weight excluding hydrogens is 540 g/mol. The number of nitrogens with zero attached hydrogens (tertiary/aromatic N) is 6. The molecule has 234 valence electrons. The second-order valence-corrected chi connectivity index (χ2v) is 12.2. The summed E-state index contributed by atoms with van der Waals surface area (Å²) in [4.78, 5) is 22.0. The summed E-state index contributed by atoms with van der Waals surface area (Å²) >= 11 is 0. The average molecular weight is 591 g/mol. The smallest absolute Gasteiger partial charge is 0.151 e. The molecule has 0 aliphatic carbocycles. The van der Waals surface area contributed by atoms with Crippen LogP contribution in [0, 0.1) is 0 Å². The van der Waals surface area contributed by atoms with Crippen LogP contribution in [0.5, 0.6) is 5.75 Å². The number of nitrogens with two attached hydrogens (primary N) is 1. The van der Waals surface area contributed by atoms with E-state index in [1.807, 2.05) is 6.20 Å². The van der Waals surface area contributed by atoms with Gasteiger partial charge in [-0.05, 0) is 77.4 Å². The highest BCUT2D eigenvalue weighted by molar-refractivity contribution is 5.97. The Morgan fingerprint density at radius 2 is 1.93 bits per heavy atom. The molecule has 3 aromatic rings. The van der Waals surface area contributed by atoms with Crippen LogP contribution in [0.1, 0.15) is 52.1 Å². The predicted octanol–water partition coefficient (Wildman–Crippen LogP) is 4.68. The summed E-state index contributed by atoms with van der Waals surface area (Å²) in [6.07, 6.45) is 6.85. The van der Waals surface area contributed by atoms with Gasteiger partial charge in [-0.25, -0.2) is 15.0 Å². The summed E-state index contributed by atoms with van der Waals surface area (Å²) in [5, 5.41) is 3.65. The van der Waals surface area contributed by atoms with Crippen molar-refractivity contribution in [2.24, 2.45) is 0 Å². The van der Waals surface area contributed by atoms with E-state index in [1.54, 1.807) is 7.11 Å². The molecule has 5 rings (SSSR count). The highest BCUT2D eigenvalue weighted by Crippen LogP contribution is 2.38. The van der Waals surface area contributed by atoms with Crippen LogP contribution in [0.15, 0.2) is 24.4 Å². The van der Waals surface area contributed by atoms with Gasteiger partial charge in [0, 0.05) is 62.7 Å². The molecule has 2 aromatic heterocycles. The van der Waals surface area contributed by atoms with Gasteiger partial charge in [0.2, 0.25) is 0 Å². The van der Waals surface area contributed by atoms with Gasteiger partial charge >= 0.3 is 0 Å². The van der Waals surface area contributed by atoms with Gasteiger partial charge in [-0.2, -0.15) is 0 Å². The summed E-state index contributed by atoms with van der Waals surface area (Å²) < 4.78 is 11.6. The van der Waals surface area contributed by atoms with Crippen molar-refractivity contribution in [1.29, 1.82) is 0 Å². The number of hydrogen-bond acceptors (Lipinski definition) is 10. The first kappa shape index (κ1) is 31.2. The molecule has 2 fully saturated rings. The molecule has 2 unspecified atom stereocenters. The van der Waals surface area contributed by atoms with Crippen molar-refractivity contribution in [3.8, 4) is 16.9 Å². The van der Waals surface area contributed by atoms with Crippen LogP contribution in [0.4, 0.5) is 17.3 Å². The maximum absolute atomic E-state index is 6.34. The summed E-state index contributed by atoms with van der Waals surface area (Å²) in [6.45, 7) is 12.4. The first-order valence-corrected chi connectivity index (χ1v) is 16.0. The summed E-state index contributed by atoms with van der Waals surface area (Å²) in [6, 6.07) is 7.74. The Labute approximate surface area is 257 Å². The van der Waals surface area contributed by atoms with Crippen molar-refractivity contribution < 1.29 is 9.47 Å². The zero-order valence-corrected chi connectivity index (χ0v) is 26.9. The number of rotatable bonds is 11. The first-order chi connectivity index (χ1) is 20.8. The zero-order chi connectivity index (χ0) is 30.5. The van der Waals surface area contributed by atoms with Gasteiger partial charge in [0.05, 0.1) is 18.5 Å². The number of benzene rings is 1. The Kier molecular flexibility index (Phi) is 10.2. The molecule has 2 atom stereocenters. The normalized spacial score (nSPS) is 19.2. The fraction of sp³-hybridized carbons (Fsp3) is 0.606. The van der Waals surface area contributed by atoms with Gasteiger partial charge in [0.25, 0.3) is 0 Å². The zero-order valence-electron chi connectivity index (χ0n) is 26.9. The lowest BCUT2D eigenvalue weighted by atomic mass is 10.0. The average Bonchev–Trinajstić information content (AvgIpc) is 3.01. The number of methoxy groups -OCH3 is 1. The Morgan fingerprint density at radius 3 is 2.60 bits per heavy atom. The third-order valence-corrected chi connectivity index (χ3v) is 9.05. The summed E-state index contributed by atoms with van der Waals surface area (Å²) in [7, 11) is 6.07. The Morgan fingerprint density at radius 1 is 1.14 bits per heavy atom.